The average Bonchev–Trinajstić information content (AvgIpc) is 2.78. The van der Waals surface area contributed by atoms with Crippen LogP contribution in [-0.2, 0) is 9.59 Å². The largest absolute Gasteiger partial charge is 0.303 e. The maximum absolute atomic E-state index is 12.0. The van der Waals surface area contributed by atoms with Crippen molar-refractivity contribution in [2.75, 3.05) is 26.2 Å². The monoisotopic (exact) mass is 266 g/mol. The molecule has 0 N–H and O–H groups in total. The van der Waals surface area contributed by atoms with E-state index in [1.165, 1.54) is 30.8 Å². The minimum atomic E-state index is -0.153. The molecule has 2 aliphatic rings. The molecule has 0 aromatic heterocycles. The maximum atomic E-state index is 12.0. The van der Waals surface area contributed by atoms with Gasteiger partial charge in [-0.15, -0.1) is 0 Å². The van der Waals surface area contributed by atoms with Gasteiger partial charge in [-0.25, -0.2) is 0 Å². The molecule has 4 heteroatoms. The van der Waals surface area contributed by atoms with Gasteiger partial charge >= 0.3 is 0 Å². The Bertz CT molecular complexity index is 326. The van der Waals surface area contributed by atoms with Gasteiger partial charge in [0, 0.05) is 19.4 Å². The third-order valence-corrected chi connectivity index (χ3v) is 4.17. The van der Waals surface area contributed by atoms with E-state index in [0.29, 0.717) is 19.4 Å². The van der Waals surface area contributed by atoms with Gasteiger partial charge in [-0.05, 0) is 50.7 Å². The first-order valence-electron chi connectivity index (χ1n) is 7.53. The predicted octanol–water partition coefficient (Wildman–Crippen LogP) is 2.04. The molecular weight excluding hydrogens is 240 g/mol. The summed E-state index contributed by atoms with van der Waals surface area (Å²) in [6.45, 7) is 8.15. The summed E-state index contributed by atoms with van der Waals surface area (Å²) in [6.07, 6.45) is 5.67. The van der Waals surface area contributed by atoms with Crippen LogP contribution in [0.2, 0.25) is 0 Å². The van der Waals surface area contributed by atoms with E-state index in [1.54, 1.807) is 0 Å². The van der Waals surface area contributed by atoms with Crippen LogP contribution in [-0.4, -0.2) is 47.8 Å². The molecule has 2 aliphatic heterocycles. The quantitative estimate of drug-likeness (QED) is 0.565. The summed E-state index contributed by atoms with van der Waals surface area (Å²) in [5.74, 6) is 0.0323. The average molecular weight is 266 g/mol. The Hall–Kier alpha value is -0.900. The molecule has 19 heavy (non-hydrogen) atoms. The molecule has 0 aromatic carbocycles. The van der Waals surface area contributed by atoms with E-state index in [9.17, 15) is 9.59 Å². The lowest BCUT2D eigenvalue weighted by atomic mass is 9.82. The normalized spacial score (nSPS) is 24.2. The van der Waals surface area contributed by atoms with Crippen LogP contribution in [0.3, 0.4) is 0 Å². The van der Waals surface area contributed by atoms with Gasteiger partial charge in [0.1, 0.15) is 0 Å². The number of unbranched alkanes of at least 4 members (excludes halogenated alkanes) is 1. The van der Waals surface area contributed by atoms with E-state index in [1.807, 2.05) is 13.8 Å². The number of imide groups is 1. The molecule has 0 radical (unpaired) electrons. The molecule has 2 saturated heterocycles. The van der Waals surface area contributed by atoms with Crippen molar-refractivity contribution in [1.29, 1.82) is 0 Å². The van der Waals surface area contributed by atoms with Crippen molar-refractivity contribution in [2.24, 2.45) is 5.41 Å². The molecule has 2 amide bonds. The Morgan fingerprint density at radius 3 is 2.05 bits per heavy atom. The molecule has 0 aromatic rings. The Morgan fingerprint density at radius 2 is 1.47 bits per heavy atom. The zero-order chi connectivity index (χ0) is 13.9. The first-order chi connectivity index (χ1) is 8.98. The Morgan fingerprint density at radius 1 is 0.947 bits per heavy atom. The molecule has 0 atom stereocenters. The van der Waals surface area contributed by atoms with Gasteiger partial charge in [0.25, 0.3) is 0 Å². The second kappa shape index (κ2) is 6.04. The number of rotatable bonds is 5. The van der Waals surface area contributed by atoms with E-state index < -0.39 is 0 Å². The Labute approximate surface area is 116 Å². The highest BCUT2D eigenvalue weighted by atomic mass is 16.2. The first kappa shape index (κ1) is 14.5. The summed E-state index contributed by atoms with van der Waals surface area (Å²) in [6, 6.07) is 0. The SMILES string of the molecule is CC1(C)CC(=O)N(CCCCN2CCCC2)C(=O)C1. The van der Waals surface area contributed by atoms with Gasteiger partial charge in [-0.2, -0.15) is 0 Å². The molecule has 0 spiro atoms. The summed E-state index contributed by atoms with van der Waals surface area (Å²) in [5.41, 5.74) is -0.153. The van der Waals surface area contributed by atoms with E-state index in [0.717, 1.165) is 19.4 Å². The number of amides is 2. The lowest BCUT2D eigenvalue weighted by molar-refractivity contribution is -0.152. The topological polar surface area (TPSA) is 40.6 Å². The van der Waals surface area contributed by atoms with Crippen molar-refractivity contribution in [3.8, 4) is 0 Å². The standard InChI is InChI=1S/C15H26N2O2/c1-15(2)11-13(18)17(14(19)12-15)10-6-5-9-16-7-3-4-8-16/h3-12H2,1-2H3. The molecule has 2 fully saturated rings. The zero-order valence-corrected chi connectivity index (χ0v) is 12.3. The third-order valence-electron chi connectivity index (χ3n) is 4.17. The molecule has 0 bridgehead atoms. The van der Waals surface area contributed by atoms with Crippen LogP contribution in [0, 0.1) is 5.41 Å². The van der Waals surface area contributed by atoms with Gasteiger partial charge in [-0.1, -0.05) is 13.8 Å². The molecule has 2 rings (SSSR count). The van der Waals surface area contributed by atoms with Crippen LogP contribution < -0.4 is 0 Å². The predicted molar refractivity (Wildman–Crippen MR) is 74.6 cm³/mol. The number of hydrogen-bond donors (Lipinski definition) is 0. The van der Waals surface area contributed by atoms with Crippen LogP contribution in [0.5, 0.6) is 0 Å². The van der Waals surface area contributed by atoms with Crippen molar-refractivity contribution >= 4 is 11.8 Å². The molecule has 108 valence electrons. The number of hydrogen-bond acceptors (Lipinski definition) is 3. The summed E-state index contributed by atoms with van der Waals surface area (Å²) in [5, 5.41) is 0. The number of piperidine rings is 1. The van der Waals surface area contributed by atoms with E-state index >= 15 is 0 Å². The minimum absolute atomic E-state index is 0.0161. The van der Waals surface area contributed by atoms with E-state index in [4.69, 9.17) is 0 Å². The van der Waals surface area contributed by atoms with Crippen LogP contribution in [0.4, 0.5) is 0 Å². The molecule has 4 nitrogen and oxygen atoms in total. The molecule has 0 aliphatic carbocycles. The zero-order valence-electron chi connectivity index (χ0n) is 12.3. The molecule has 2 heterocycles. The van der Waals surface area contributed by atoms with Gasteiger partial charge in [-0.3, -0.25) is 14.5 Å². The highest BCUT2D eigenvalue weighted by molar-refractivity contribution is 5.98. The second-order valence-corrected chi connectivity index (χ2v) is 6.71. The highest BCUT2D eigenvalue weighted by Gasteiger charge is 2.36. The highest BCUT2D eigenvalue weighted by Crippen LogP contribution is 2.31. The van der Waals surface area contributed by atoms with Crippen molar-refractivity contribution in [3.05, 3.63) is 0 Å². The fourth-order valence-corrected chi connectivity index (χ4v) is 3.07. The Balaban J connectivity index is 1.70. The third kappa shape index (κ3) is 4.03. The lowest BCUT2D eigenvalue weighted by Crippen LogP contribution is -2.46. The fraction of sp³-hybridized carbons (Fsp3) is 0.867. The van der Waals surface area contributed by atoms with Gasteiger partial charge in [0.05, 0.1) is 0 Å². The van der Waals surface area contributed by atoms with E-state index in [2.05, 4.69) is 4.90 Å². The second-order valence-electron chi connectivity index (χ2n) is 6.71. The van der Waals surface area contributed by atoms with Gasteiger partial charge in [0.2, 0.25) is 11.8 Å². The lowest BCUT2D eigenvalue weighted by Gasteiger charge is -2.34. The summed E-state index contributed by atoms with van der Waals surface area (Å²) in [4.78, 5) is 27.9. The maximum Gasteiger partial charge on any atom is 0.229 e. The van der Waals surface area contributed by atoms with Crippen molar-refractivity contribution < 1.29 is 9.59 Å². The van der Waals surface area contributed by atoms with Crippen LogP contribution >= 0.6 is 0 Å². The van der Waals surface area contributed by atoms with Gasteiger partial charge < -0.3 is 4.90 Å². The van der Waals surface area contributed by atoms with Crippen LogP contribution in [0.25, 0.3) is 0 Å². The first-order valence-corrected chi connectivity index (χ1v) is 7.53. The summed E-state index contributed by atoms with van der Waals surface area (Å²) >= 11 is 0. The van der Waals surface area contributed by atoms with Crippen LogP contribution in [0.15, 0.2) is 0 Å². The minimum Gasteiger partial charge on any atom is -0.303 e. The van der Waals surface area contributed by atoms with Crippen molar-refractivity contribution in [2.45, 2.75) is 52.4 Å². The van der Waals surface area contributed by atoms with E-state index in [-0.39, 0.29) is 17.2 Å². The van der Waals surface area contributed by atoms with Crippen LogP contribution in [0.1, 0.15) is 52.4 Å². The smallest absolute Gasteiger partial charge is 0.229 e. The number of carbonyl (C=O) groups excluding carboxylic acids is 2. The number of nitrogens with zero attached hydrogens (tertiary/aromatic N) is 2. The molecule has 0 unspecified atom stereocenters. The molecule has 0 saturated carbocycles. The van der Waals surface area contributed by atoms with Crippen molar-refractivity contribution in [1.82, 2.24) is 9.80 Å². The summed E-state index contributed by atoms with van der Waals surface area (Å²) in [7, 11) is 0. The fourth-order valence-electron chi connectivity index (χ4n) is 3.07. The number of carbonyl (C=O) groups is 2. The van der Waals surface area contributed by atoms with Crippen molar-refractivity contribution in [3.63, 3.8) is 0 Å². The Kier molecular flexibility index (Phi) is 4.61. The summed E-state index contributed by atoms with van der Waals surface area (Å²) < 4.78 is 0. The number of likely N-dealkylation sites (tertiary alicyclic amines) is 2. The van der Waals surface area contributed by atoms with Gasteiger partial charge in [0.15, 0.2) is 0 Å². The molecular formula is C15H26N2O2.